The average Bonchev–Trinajstić information content (AvgIpc) is 2.75. The van der Waals surface area contributed by atoms with Crippen LogP contribution in [-0.4, -0.2) is 67.4 Å². The van der Waals surface area contributed by atoms with E-state index < -0.39 is 0 Å². The molecule has 0 radical (unpaired) electrons. The van der Waals surface area contributed by atoms with E-state index in [-0.39, 0.29) is 0 Å². The lowest BCUT2D eigenvalue weighted by atomic mass is 10.0. The Morgan fingerprint density at radius 2 is 1.81 bits per heavy atom. The third-order valence-corrected chi connectivity index (χ3v) is 5.80. The lowest BCUT2D eigenvalue weighted by Gasteiger charge is -2.38. The Morgan fingerprint density at radius 1 is 1.04 bits per heavy atom. The van der Waals surface area contributed by atoms with Crippen LogP contribution in [0, 0.1) is 0 Å². The maximum atomic E-state index is 5.43. The van der Waals surface area contributed by atoms with Gasteiger partial charge in [0, 0.05) is 56.1 Å². The van der Waals surface area contributed by atoms with E-state index in [0.29, 0.717) is 6.04 Å². The van der Waals surface area contributed by atoms with Crippen LogP contribution in [0.1, 0.15) is 12.8 Å². The molecular formula is C19H25BrN6O. The lowest BCUT2D eigenvalue weighted by molar-refractivity contribution is 0.122. The summed E-state index contributed by atoms with van der Waals surface area (Å²) in [7, 11) is 2.14. The van der Waals surface area contributed by atoms with Crippen LogP contribution < -0.4 is 14.7 Å². The number of halogens is 1. The normalized spacial score (nSPS) is 18.6. The van der Waals surface area contributed by atoms with Gasteiger partial charge in [0.25, 0.3) is 0 Å². The molecule has 0 aliphatic carbocycles. The highest BCUT2D eigenvalue weighted by Gasteiger charge is 2.25. The highest BCUT2D eigenvalue weighted by Crippen LogP contribution is 2.25. The monoisotopic (exact) mass is 432 g/mol. The van der Waals surface area contributed by atoms with Crippen LogP contribution >= 0.6 is 15.9 Å². The molecule has 2 aromatic rings. The Bertz CT molecular complexity index is 744. The third kappa shape index (κ3) is 4.32. The van der Waals surface area contributed by atoms with E-state index in [1.165, 1.54) is 0 Å². The smallest absolute Gasteiger partial charge is 0.227 e. The van der Waals surface area contributed by atoms with Gasteiger partial charge in [-0.3, -0.25) is 0 Å². The largest absolute Gasteiger partial charge is 0.378 e. The second-order valence-electron chi connectivity index (χ2n) is 6.98. The van der Waals surface area contributed by atoms with Gasteiger partial charge in [0.15, 0.2) is 0 Å². The predicted molar refractivity (Wildman–Crippen MR) is 111 cm³/mol. The summed E-state index contributed by atoms with van der Waals surface area (Å²) in [6.07, 6.45) is 5.91. The first-order chi connectivity index (χ1) is 13.2. The number of aromatic nitrogens is 3. The maximum absolute atomic E-state index is 5.43. The van der Waals surface area contributed by atoms with Crippen LogP contribution in [0.15, 0.2) is 35.1 Å². The molecule has 0 bridgehead atoms. The van der Waals surface area contributed by atoms with Crippen LogP contribution in [0.2, 0.25) is 0 Å². The van der Waals surface area contributed by atoms with E-state index >= 15 is 0 Å². The number of ether oxygens (including phenoxy) is 1. The SMILES string of the molecule is CN(c1ccnc(N2CCOCC2)n1)C1CCN(c2ccc(Br)cn2)CC1. The molecular weight excluding hydrogens is 408 g/mol. The highest BCUT2D eigenvalue weighted by atomic mass is 79.9. The van der Waals surface area contributed by atoms with Crippen molar-refractivity contribution in [3.8, 4) is 0 Å². The molecule has 0 aromatic carbocycles. The minimum absolute atomic E-state index is 0.476. The summed E-state index contributed by atoms with van der Waals surface area (Å²) in [6.45, 7) is 5.20. The standard InChI is InChI=1S/C19H25BrN6O/c1-24(18-4-7-21-19(23-18)26-10-12-27-13-11-26)16-5-8-25(9-6-16)17-3-2-15(20)14-22-17/h2-4,7,14,16H,5-6,8-13H2,1H3. The first kappa shape index (κ1) is 18.4. The fourth-order valence-electron chi connectivity index (χ4n) is 3.68. The van der Waals surface area contributed by atoms with Crippen molar-refractivity contribution in [3.05, 3.63) is 35.1 Å². The molecule has 2 aliphatic rings. The molecule has 0 N–H and O–H groups in total. The van der Waals surface area contributed by atoms with Crippen molar-refractivity contribution in [2.24, 2.45) is 0 Å². The number of nitrogens with zero attached hydrogens (tertiary/aromatic N) is 6. The van der Waals surface area contributed by atoms with Crippen LogP contribution in [0.25, 0.3) is 0 Å². The Labute approximate surface area is 168 Å². The van der Waals surface area contributed by atoms with E-state index in [1.54, 1.807) is 0 Å². The zero-order chi connectivity index (χ0) is 18.6. The second kappa shape index (κ2) is 8.39. The van der Waals surface area contributed by atoms with Crippen LogP contribution in [0.4, 0.5) is 17.6 Å². The van der Waals surface area contributed by atoms with E-state index in [0.717, 1.165) is 74.3 Å². The van der Waals surface area contributed by atoms with Gasteiger partial charge >= 0.3 is 0 Å². The molecule has 2 fully saturated rings. The van der Waals surface area contributed by atoms with Crippen LogP contribution in [-0.2, 0) is 4.74 Å². The molecule has 0 atom stereocenters. The zero-order valence-electron chi connectivity index (χ0n) is 15.6. The quantitative estimate of drug-likeness (QED) is 0.735. The molecule has 2 aliphatic heterocycles. The fourth-order valence-corrected chi connectivity index (χ4v) is 3.91. The highest BCUT2D eigenvalue weighted by molar-refractivity contribution is 9.10. The molecule has 8 heteroatoms. The molecule has 7 nitrogen and oxygen atoms in total. The van der Waals surface area contributed by atoms with Crippen LogP contribution in [0.5, 0.6) is 0 Å². The topological polar surface area (TPSA) is 57.6 Å². The summed E-state index contributed by atoms with van der Waals surface area (Å²) in [4.78, 5) is 20.7. The number of piperidine rings is 1. The number of hydrogen-bond donors (Lipinski definition) is 0. The van der Waals surface area contributed by atoms with Crippen molar-refractivity contribution in [1.82, 2.24) is 15.0 Å². The molecule has 144 valence electrons. The van der Waals surface area contributed by atoms with E-state index in [4.69, 9.17) is 9.72 Å². The van der Waals surface area contributed by atoms with Gasteiger partial charge in [0.05, 0.1) is 13.2 Å². The van der Waals surface area contributed by atoms with E-state index in [9.17, 15) is 0 Å². The number of morpholine rings is 1. The first-order valence-electron chi connectivity index (χ1n) is 9.46. The van der Waals surface area contributed by atoms with Gasteiger partial charge in [0.2, 0.25) is 5.95 Å². The molecule has 2 aromatic heterocycles. The van der Waals surface area contributed by atoms with Gasteiger partial charge in [-0.2, -0.15) is 4.98 Å². The molecule has 0 saturated carbocycles. The van der Waals surface area contributed by atoms with Crippen molar-refractivity contribution < 1.29 is 4.74 Å². The van der Waals surface area contributed by atoms with Crippen molar-refractivity contribution in [1.29, 1.82) is 0 Å². The van der Waals surface area contributed by atoms with E-state index in [2.05, 4.69) is 59.8 Å². The minimum atomic E-state index is 0.476. The Kier molecular flexibility index (Phi) is 5.73. The predicted octanol–water partition coefficient (Wildman–Crippen LogP) is 2.58. The lowest BCUT2D eigenvalue weighted by Crippen LogP contribution is -2.44. The van der Waals surface area contributed by atoms with Gasteiger partial charge in [-0.1, -0.05) is 0 Å². The van der Waals surface area contributed by atoms with Crippen molar-refractivity contribution in [2.45, 2.75) is 18.9 Å². The summed E-state index contributed by atoms with van der Waals surface area (Å²) in [5.41, 5.74) is 0. The minimum Gasteiger partial charge on any atom is -0.378 e. The summed E-state index contributed by atoms with van der Waals surface area (Å²) in [5.74, 6) is 2.85. The first-order valence-corrected chi connectivity index (χ1v) is 10.2. The molecule has 2 saturated heterocycles. The van der Waals surface area contributed by atoms with Gasteiger partial charge in [-0.05, 0) is 47.0 Å². The van der Waals surface area contributed by atoms with Gasteiger partial charge in [-0.25, -0.2) is 9.97 Å². The zero-order valence-corrected chi connectivity index (χ0v) is 17.2. The molecule has 0 amide bonds. The Hall–Kier alpha value is -1.93. The van der Waals surface area contributed by atoms with Gasteiger partial charge in [0.1, 0.15) is 11.6 Å². The molecule has 0 unspecified atom stereocenters. The fraction of sp³-hybridized carbons (Fsp3) is 0.526. The summed E-state index contributed by atoms with van der Waals surface area (Å²) < 4.78 is 6.44. The van der Waals surface area contributed by atoms with Crippen molar-refractivity contribution >= 4 is 33.5 Å². The summed E-state index contributed by atoms with van der Waals surface area (Å²) >= 11 is 3.45. The van der Waals surface area contributed by atoms with Gasteiger partial charge < -0.3 is 19.4 Å². The number of rotatable bonds is 4. The summed E-state index contributed by atoms with van der Waals surface area (Å²) in [6, 6.07) is 6.61. The average molecular weight is 433 g/mol. The van der Waals surface area contributed by atoms with Crippen molar-refractivity contribution in [3.63, 3.8) is 0 Å². The van der Waals surface area contributed by atoms with E-state index in [1.807, 2.05) is 18.5 Å². The number of anilines is 3. The molecule has 4 rings (SSSR count). The number of pyridine rings is 1. The molecule has 27 heavy (non-hydrogen) atoms. The maximum Gasteiger partial charge on any atom is 0.227 e. The number of hydrogen-bond acceptors (Lipinski definition) is 7. The van der Waals surface area contributed by atoms with Gasteiger partial charge in [-0.15, -0.1) is 0 Å². The second-order valence-corrected chi connectivity index (χ2v) is 7.89. The summed E-state index contributed by atoms with van der Waals surface area (Å²) in [5, 5.41) is 0. The molecule has 4 heterocycles. The Morgan fingerprint density at radius 3 is 2.52 bits per heavy atom. The third-order valence-electron chi connectivity index (χ3n) is 5.33. The van der Waals surface area contributed by atoms with Crippen molar-refractivity contribution in [2.75, 3.05) is 61.1 Å². The molecule has 0 spiro atoms. The Balaban J connectivity index is 1.39. The van der Waals surface area contributed by atoms with Crippen LogP contribution in [0.3, 0.4) is 0 Å².